The van der Waals surface area contributed by atoms with Gasteiger partial charge >= 0.3 is 12.0 Å². The molecule has 4 amide bonds. The number of rotatable bonds is 12. The zero-order valence-corrected chi connectivity index (χ0v) is 26.5. The summed E-state index contributed by atoms with van der Waals surface area (Å²) in [5.41, 5.74) is 6.74. The highest BCUT2D eigenvalue weighted by atomic mass is 16.6. The zero-order chi connectivity index (χ0) is 31.7. The van der Waals surface area contributed by atoms with Gasteiger partial charge in [-0.3, -0.25) is 9.59 Å². The molecule has 4 atom stereocenters. The first-order chi connectivity index (χ1) is 20.3. The van der Waals surface area contributed by atoms with E-state index in [0.717, 1.165) is 16.5 Å². The van der Waals surface area contributed by atoms with Crippen molar-refractivity contribution < 1.29 is 23.9 Å². The van der Waals surface area contributed by atoms with Crippen molar-refractivity contribution in [3.05, 3.63) is 36.0 Å². The largest absolute Gasteiger partial charge is 0.458 e. The lowest BCUT2D eigenvalue weighted by Gasteiger charge is -2.34. The summed E-state index contributed by atoms with van der Waals surface area (Å²) < 4.78 is 5.62. The minimum Gasteiger partial charge on any atom is -0.458 e. The topological polar surface area (TPSA) is 159 Å². The van der Waals surface area contributed by atoms with Gasteiger partial charge in [0.05, 0.1) is 5.92 Å². The van der Waals surface area contributed by atoms with Gasteiger partial charge in [-0.15, -0.1) is 0 Å². The van der Waals surface area contributed by atoms with Crippen molar-refractivity contribution in [1.82, 2.24) is 25.8 Å². The number of amides is 4. The molecule has 43 heavy (non-hydrogen) atoms. The number of carbonyl (C=O) groups is 4. The molecule has 1 aliphatic rings. The Bertz CT molecular complexity index is 1250. The number of urea groups is 1. The molecular weight excluding hydrogens is 548 g/mol. The second kappa shape index (κ2) is 15.2. The molecule has 1 saturated heterocycles. The fraction of sp³-hybridized carbons (Fsp3) is 0.625. The second-order valence-electron chi connectivity index (χ2n) is 12.8. The summed E-state index contributed by atoms with van der Waals surface area (Å²) in [6.45, 7) is 12.3. The van der Waals surface area contributed by atoms with Crippen molar-refractivity contribution in [3.63, 3.8) is 0 Å². The van der Waals surface area contributed by atoms with E-state index in [4.69, 9.17) is 10.5 Å². The molecule has 1 fully saturated rings. The number of nitrogens with zero attached hydrogens (tertiary/aromatic N) is 1. The van der Waals surface area contributed by atoms with Crippen LogP contribution in [0.1, 0.15) is 85.1 Å². The van der Waals surface area contributed by atoms with Gasteiger partial charge in [0.15, 0.2) is 0 Å². The SMILES string of the molecule is CC(C)NC(=O)N1CCCC(C(=O)N[C@H](C(=O)N[C@@H](CCCCN)C(=O)OC(C)(C)C)[C@@H](C)c2c[nH]c3ccccc23)C1. The Morgan fingerprint density at radius 2 is 1.79 bits per heavy atom. The van der Waals surface area contributed by atoms with Gasteiger partial charge in [-0.1, -0.05) is 25.1 Å². The Kier molecular flexibility index (Phi) is 12.0. The van der Waals surface area contributed by atoms with Crippen molar-refractivity contribution in [1.29, 1.82) is 0 Å². The number of esters is 1. The van der Waals surface area contributed by atoms with Gasteiger partial charge in [0.2, 0.25) is 11.8 Å². The predicted octanol–water partition coefficient (Wildman–Crippen LogP) is 3.54. The van der Waals surface area contributed by atoms with Crippen LogP contribution in [-0.2, 0) is 19.1 Å². The molecule has 1 aromatic carbocycles. The molecule has 1 aromatic heterocycles. The molecule has 0 spiro atoms. The summed E-state index contributed by atoms with van der Waals surface area (Å²) in [4.78, 5) is 58.4. The van der Waals surface area contributed by atoms with Crippen LogP contribution in [-0.4, -0.2) is 77.1 Å². The van der Waals surface area contributed by atoms with Crippen LogP contribution >= 0.6 is 0 Å². The highest BCUT2D eigenvalue weighted by Crippen LogP contribution is 2.29. The average molecular weight is 599 g/mol. The minimum absolute atomic E-state index is 0.0189. The first-order valence-electron chi connectivity index (χ1n) is 15.5. The number of likely N-dealkylation sites (tertiary alicyclic amines) is 1. The number of hydrogen-bond acceptors (Lipinski definition) is 6. The fourth-order valence-electron chi connectivity index (χ4n) is 5.43. The van der Waals surface area contributed by atoms with Crippen LogP contribution in [0, 0.1) is 5.92 Å². The van der Waals surface area contributed by atoms with E-state index in [1.165, 1.54) is 0 Å². The summed E-state index contributed by atoms with van der Waals surface area (Å²) in [7, 11) is 0. The number of ether oxygens (including phenoxy) is 1. The molecule has 2 heterocycles. The van der Waals surface area contributed by atoms with Crippen molar-refractivity contribution in [3.8, 4) is 0 Å². The maximum atomic E-state index is 14.0. The number of unbranched alkanes of at least 4 members (excludes halogenated alkanes) is 1. The second-order valence-corrected chi connectivity index (χ2v) is 12.8. The summed E-state index contributed by atoms with van der Waals surface area (Å²) in [6.07, 6.45) is 4.83. The van der Waals surface area contributed by atoms with Crippen LogP contribution in [0.15, 0.2) is 30.5 Å². The smallest absolute Gasteiger partial charge is 0.329 e. The van der Waals surface area contributed by atoms with Crippen molar-refractivity contribution in [2.45, 2.75) is 103 Å². The summed E-state index contributed by atoms with van der Waals surface area (Å²) >= 11 is 0. The number of piperidine rings is 1. The average Bonchev–Trinajstić information content (AvgIpc) is 3.38. The lowest BCUT2D eigenvalue weighted by molar-refractivity contribution is -0.159. The van der Waals surface area contributed by atoms with Crippen LogP contribution in [0.5, 0.6) is 0 Å². The molecule has 0 radical (unpaired) electrons. The van der Waals surface area contributed by atoms with Gasteiger partial charge in [0.25, 0.3) is 0 Å². The highest BCUT2D eigenvalue weighted by Gasteiger charge is 2.36. The van der Waals surface area contributed by atoms with E-state index in [2.05, 4.69) is 20.9 Å². The van der Waals surface area contributed by atoms with Gasteiger partial charge < -0.3 is 36.3 Å². The number of aromatic nitrogens is 1. The third-order valence-electron chi connectivity index (χ3n) is 7.64. The Morgan fingerprint density at radius 1 is 1.07 bits per heavy atom. The summed E-state index contributed by atoms with van der Waals surface area (Å²) in [5.74, 6) is -2.21. The maximum absolute atomic E-state index is 14.0. The number of benzene rings is 1. The Balaban J connectivity index is 1.87. The molecule has 2 aromatic rings. The molecule has 0 saturated carbocycles. The molecule has 3 rings (SSSR count). The highest BCUT2D eigenvalue weighted by molar-refractivity contribution is 5.93. The number of fused-ring (bicyclic) bond motifs is 1. The van der Waals surface area contributed by atoms with E-state index < -0.39 is 41.4 Å². The van der Waals surface area contributed by atoms with Crippen LogP contribution in [0.2, 0.25) is 0 Å². The molecule has 238 valence electrons. The van der Waals surface area contributed by atoms with E-state index in [1.54, 1.807) is 25.7 Å². The van der Waals surface area contributed by atoms with E-state index in [9.17, 15) is 19.2 Å². The Hall–Kier alpha value is -3.60. The van der Waals surface area contributed by atoms with Crippen LogP contribution in [0.3, 0.4) is 0 Å². The molecule has 6 N–H and O–H groups in total. The third kappa shape index (κ3) is 9.71. The van der Waals surface area contributed by atoms with Crippen LogP contribution in [0.25, 0.3) is 10.9 Å². The molecule has 1 aliphatic heterocycles. The molecule has 0 bridgehead atoms. The van der Waals surface area contributed by atoms with Gasteiger partial charge in [-0.05, 0) is 84.9 Å². The molecule has 0 aliphatic carbocycles. The van der Waals surface area contributed by atoms with Crippen molar-refractivity contribution in [2.75, 3.05) is 19.6 Å². The first-order valence-corrected chi connectivity index (χ1v) is 15.5. The number of hydrogen-bond donors (Lipinski definition) is 5. The van der Waals surface area contributed by atoms with Gasteiger partial charge in [-0.2, -0.15) is 0 Å². The molecule has 11 nitrogen and oxygen atoms in total. The van der Waals surface area contributed by atoms with Crippen LogP contribution in [0.4, 0.5) is 4.79 Å². The van der Waals surface area contributed by atoms with Gasteiger partial charge in [0, 0.05) is 42.1 Å². The minimum atomic E-state index is -0.981. The maximum Gasteiger partial charge on any atom is 0.329 e. The zero-order valence-electron chi connectivity index (χ0n) is 26.5. The quantitative estimate of drug-likeness (QED) is 0.186. The number of para-hydroxylation sites is 1. The third-order valence-corrected chi connectivity index (χ3v) is 7.64. The normalized spacial score (nSPS) is 17.7. The lowest BCUT2D eigenvalue weighted by atomic mass is 9.90. The lowest BCUT2D eigenvalue weighted by Crippen LogP contribution is -2.56. The van der Waals surface area contributed by atoms with Gasteiger partial charge in [-0.25, -0.2) is 9.59 Å². The van der Waals surface area contributed by atoms with E-state index >= 15 is 0 Å². The standard InChI is InChI=1S/C32H50N6O5/c1-20(2)35-31(42)38-17-11-12-22(19-38)28(39)37-27(21(3)24-18-34-25-14-8-7-13-23(24)25)29(40)36-26(15-9-10-16-33)30(41)43-32(4,5)6/h7-8,13-14,18,20-22,26-27,34H,9-12,15-17,19,33H2,1-6H3,(H,35,42)(H,36,40)(H,37,39)/t21-,22?,26-,27-/m0/s1. The van der Waals surface area contributed by atoms with E-state index in [-0.39, 0.29) is 24.5 Å². The number of H-pyrrole nitrogens is 1. The molecular formula is C32H50N6O5. The first kappa shape index (κ1) is 33.9. The Labute approximate surface area is 255 Å². The fourth-order valence-corrected chi connectivity index (χ4v) is 5.43. The predicted molar refractivity (Wildman–Crippen MR) is 167 cm³/mol. The number of nitrogens with two attached hydrogens (primary N) is 1. The van der Waals surface area contributed by atoms with Gasteiger partial charge in [0.1, 0.15) is 17.7 Å². The Morgan fingerprint density at radius 3 is 2.47 bits per heavy atom. The summed E-state index contributed by atoms with van der Waals surface area (Å²) in [6, 6.07) is 5.68. The van der Waals surface area contributed by atoms with Crippen molar-refractivity contribution >= 4 is 34.7 Å². The number of carbonyl (C=O) groups excluding carboxylic acids is 4. The van der Waals surface area contributed by atoms with E-state index in [0.29, 0.717) is 45.2 Å². The monoisotopic (exact) mass is 598 g/mol. The molecule has 11 heteroatoms. The number of nitrogens with one attached hydrogen (secondary N) is 4. The summed E-state index contributed by atoms with van der Waals surface area (Å²) in [5, 5.41) is 9.73. The van der Waals surface area contributed by atoms with Crippen molar-refractivity contribution in [2.24, 2.45) is 11.7 Å². The van der Waals surface area contributed by atoms with E-state index in [1.807, 2.05) is 51.2 Å². The van der Waals surface area contributed by atoms with Crippen LogP contribution < -0.4 is 21.7 Å². The number of aromatic amines is 1. The molecule has 1 unspecified atom stereocenters.